The highest BCUT2D eigenvalue weighted by atomic mass is 19.4. The summed E-state index contributed by atoms with van der Waals surface area (Å²) in [5, 5.41) is 5.57. The number of benzene rings is 2. The lowest BCUT2D eigenvalue weighted by Crippen LogP contribution is -2.50. The van der Waals surface area contributed by atoms with E-state index in [2.05, 4.69) is 10.00 Å². The lowest BCUT2D eigenvalue weighted by atomic mass is 10.2. The zero-order valence-corrected chi connectivity index (χ0v) is 14.9. The summed E-state index contributed by atoms with van der Waals surface area (Å²) < 4.78 is 40.2. The number of nitrogens with two attached hydrogens (primary N) is 1. The highest BCUT2D eigenvalue weighted by molar-refractivity contribution is 5.92. The van der Waals surface area contributed by atoms with Crippen molar-refractivity contribution in [3.8, 4) is 5.69 Å². The Balaban J connectivity index is 1.70. The number of hydrogen-bond acceptors (Lipinski definition) is 3. The van der Waals surface area contributed by atoms with Crippen molar-refractivity contribution >= 4 is 22.8 Å². The van der Waals surface area contributed by atoms with Gasteiger partial charge in [0.25, 0.3) is 0 Å². The van der Waals surface area contributed by atoms with Crippen LogP contribution >= 0.6 is 0 Å². The van der Waals surface area contributed by atoms with Gasteiger partial charge in [0, 0.05) is 31.6 Å². The Kier molecular flexibility index (Phi) is 4.37. The molecule has 1 saturated heterocycles. The van der Waals surface area contributed by atoms with E-state index < -0.39 is 17.8 Å². The second kappa shape index (κ2) is 6.74. The molecule has 3 aromatic rings. The molecule has 28 heavy (non-hydrogen) atoms. The van der Waals surface area contributed by atoms with E-state index in [0.29, 0.717) is 31.9 Å². The molecule has 1 aliphatic rings. The predicted octanol–water partition coefficient (Wildman–Crippen LogP) is 3.25. The molecule has 0 unspecified atom stereocenters. The smallest absolute Gasteiger partial charge is 0.351 e. The molecular formula is C19H18F3N5O. The van der Waals surface area contributed by atoms with Crippen LogP contribution in [0.1, 0.15) is 5.56 Å². The van der Waals surface area contributed by atoms with Gasteiger partial charge in [-0.1, -0.05) is 12.1 Å². The van der Waals surface area contributed by atoms with Crippen LogP contribution in [0.15, 0.2) is 48.5 Å². The van der Waals surface area contributed by atoms with Crippen molar-refractivity contribution in [3.05, 3.63) is 54.1 Å². The molecule has 0 spiro atoms. The molecule has 4 rings (SSSR count). The number of fused-ring (bicyclic) bond motifs is 1. The number of rotatable bonds is 2. The molecule has 0 bridgehead atoms. The van der Waals surface area contributed by atoms with Gasteiger partial charge in [-0.2, -0.15) is 13.2 Å². The van der Waals surface area contributed by atoms with Crippen LogP contribution in [0.3, 0.4) is 0 Å². The molecular weight excluding hydrogens is 371 g/mol. The largest absolute Gasteiger partial charge is 0.416 e. The third-order valence-electron chi connectivity index (χ3n) is 4.90. The maximum absolute atomic E-state index is 12.8. The molecule has 1 fully saturated rings. The number of nitrogens with zero attached hydrogens (tertiary/aromatic N) is 4. The van der Waals surface area contributed by atoms with E-state index in [0.717, 1.165) is 28.9 Å². The fourth-order valence-electron chi connectivity index (χ4n) is 3.41. The Labute approximate surface area is 158 Å². The van der Waals surface area contributed by atoms with Gasteiger partial charge in [0.1, 0.15) is 0 Å². The van der Waals surface area contributed by atoms with Gasteiger partial charge in [0.05, 0.1) is 16.8 Å². The van der Waals surface area contributed by atoms with E-state index in [1.165, 1.54) is 12.1 Å². The summed E-state index contributed by atoms with van der Waals surface area (Å²) in [6, 6.07) is 12.0. The SMILES string of the molecule is NC(=O)N1CCN(c2nn(-c3ccc(C(F)(F)F)cc3)c3ccccc23)CC1. The number of para-hydroxylation sites is 1. The number of primary amides is 1. The minimum atomic E-state index is -4.38. The highest BCUT2D eigenvalue weighted by Gasteiger charge is 2.30. The molecule has 0 saturated carbocycles. The van der Waals surface area contributed by atoms with Crippen molar-refractivity contribution in [2.24, 2.45) is 5.73 Å². The zero-order valence-electron chi connectivity index (χ0n) is 14.9. The van der Waals surface area contributed by atoms with Crippen LogP contribution in [-0.2, 0) is 6.18 Å². The number of carbonyl (C=O) groups is 1. The molecule has 0 atom stereocenters. The Morgan fingerprint density at radius 3 is 2.21 bits per heavy atom. The highest BCUT2D eigenvalue weighted by Crippen LogP contribution is 2.32. The number of piperazine rings is 1. The van der Waals surface area contributed by atoms with Gasteiger partial charge < -0.3 is 15.5 Å². The maximum atomic E-state index is 12.8. The van der Waals surface area contributed by atoms with Gasteiger partial charge in [0.15, 0.2) is 5.82 Å². The number of amides is 2. The Morgan fingerprint density at radius 1 is 0.964 bits per heavy atom. The van der Waals surface area contributed by atoms with Crippen LogP contribution in [0.25, 0.3) is 16.6 Å². The third kappa shape index (κ3) is 3.23. The van der Waals surface area contributed by atoms with Crippen molar-refractivity contribution in [1.29, 1.82) is 0 Å². The Hall–Kier alpha value is -3.23. The van der Waals surface area contributed by atoms with Crippen LogP contribution in [0.2, 0.25) is 0 Å². The first-order chi connectivity index (χ1) is 13.3. The number of aromatic nitrogens is 2. The lowest BCUT2D eigenvalue weighted by Gasteiger charge is -2.34. The molecule has 0 aliphatic carbocycles. The molecule has 1 aliphatic heterocycles. The number of hydrogen-bond donors (Lipinski definition) is 1. The van der Waals surface area contributed by atoms with Crippen LogP contribution in [-0.4, -0.2) is 46.9 Å². The molecule has 1 aromatic heterocycles. The maximum Gasteiger partial charge on any atom is 0.416 e. The van der Waals surface area contributed by atoms with Crippen molar-refractivity contribution in [2.45, 2.75) is 6.18 Å². The number of urea groups is 1. The quantitative estimate of drug-likeness (QED) is 0.732. The van der Waals surface area contributed by atoms with Crippen LogP contribution in [0.5, 0.6) is 0 Å². The average Bonchev–Trinajstić information content (AvgIpc) is 3.07. The summed E-state index contributed by atoms with van der Waals surface area (Å²) >= 11 is 0. The average molecular weight is 389 g/mol. The topological polar surface area (TPSA) is 67.4 Å². The number of alkyl halides is 3. The summed E-state index contributed by atoms with van der Waals surface area (Å²) in [5.74, 6) is 0.736. The second-order valence-electron chi connectivity index (χ2n) is 6.61. The summed E-state index contributed by atoms with van der Waals surface area (Å²) in [6.45, 7) is 2.15. The van der Waals surface area contributed by atoms with Crippen LogP contribution in [0, 0.1) is 0 Å². The van der Waals surface area contributed by atoms with Gasteiger partial charge >= 0.3 is 12.2 Å². The molecule has 6 nitrogen and oxygen atoms in total. The number of anilines is 1. The Morgan fingerprint density at radius 2 is 1.61 bits per heavy atom. The van der Waals surface area contributed by atoms with E-state index >= 15 is 0 Å². The van der Waals surface area contributed by atoms with E-state index in [9.17, 15) is 18.0 Å². The van der Waals surface area contributed by atoms with Gasteiger partial charge in [-0.15, -0.1) is 5.10 Å². The van der Waals surface area contributed by atoms with Crippen molar-refractivity contribution in [3.63, 3.8) is 0 Å². The summed E-state index contributed by atoms with van der Waals surface area (Å²) in [5.41, 5.74) is 5.98. The van der Waals surface area contributed by atoms with Crippen LogP contribution < -0.4 is 10.6 Å². The Bertz CT molecular complexity index is 1000. The summed E-state index contributed by atoms with van der Waals surface area (Å²) in [7, 11) is 0. The van der Waals surface area contributed by atoms with Crippen molar-refractivity contribution < 1.29 is 18.0 Å². The van der Waals surface area contributed by atoms with Crippen molar-refractivity contribution in [1.82, 2.24) is 14.7 Å². The molecule has 9 heteroatoms. The molecule has 2 N–H and O–H groups in total. The van der Waals surface area contributed by atoms with Crippen molar-refractivity contribution in [2.75, 3.05) is 31.1 Å². The fraction of sp³-hybridized carbons (Fsp3) is 0.263. The number of carbonyl (C=O) groups excluding carboxylic acids is 1. The lowest BCUT2D eigenvalue weighted by molar-refractivity contribution is -0.137. The molecule has 2 amide bonds. The van der Waals surface area contributed by atoms with Gasteiger partial charge in [-0.25, -0.2) is 9.48 Å². The predicted molar refractivity (Wildman–Crippen MR) is 99.4 cm³/mol. The molecule has 2 heterocycles. The molecule has 0 radical (unpaired) electrons. The summed E-state index contributed by atoms with van der Waals surface area (Å²) in [4.78, 5) is 15.0. The normalized spacial score (nSPS) is 15.2. The van der Waals surface area contributed by atoms with E-state index in [4.69, 9.17) is 5.73 Å². The minimum absolute atomic E-state index is 0.445. The van der Waals surface area contributed by atoms with E-state index in [1.54, 1.807) is 9.58 Å². The first-order valence-corrected chi connectivity index (χ1v) is 8.79. The molecule has 146 valence electrons. The fourth-order valence-corrected chi connectivity index (χ4v) is 3.41. The standard InChI is InChI=1S/C19H18F3N5O/c20-19(21,22)13-5-7-14(8-6-13)27-16-4-2-1-3-15(16)17(24-27)25-9-11-26(12-10-25)18(23)28/h1-8H,9-12H2,(H2,23,28). The third-order valence-corrected chi connectivity index (χ3v) is 4.90. The first kappa shape index (κ1) is 18.1. The minimum Gasteiger partial charge on any atom is -0.351 e. The van der Waals surface area contributed by atoms with E-state index in [1.807, 2.05) is 24.3 Å². The zero-order chi connectivity index (χ0) is 19.9. The number of halogens is 3. The molecule has 2 aromatic carbocycles. The van der Waals surface area contributed by atoms with Gasteiger partial charge in [-0.3, -0.25) is 0 Å². The first-order valence-electron chi connectivity index (χ1n) is 8.79. The second-order valence-corrected chi connectivity index (χ2v) is 6.61. The van der Waals surface area contributed by atoms with Gasteiger partial charge in [-0.05, 0) is 36.4 Å². The van der Waals surface area contributed by atoms with Gasteiger partial charge in [0.2, 0.25) is 0 Å². The van der Waals surface area contributed by atoms with Crippen LogP contribution in [0.4, 0.5) is 23.8 Å². The summed E-state index contributed by atoms with van der Waals surface area (Å²) in [6.07, 6.45) is -4.38. The van der Waals surface area contributed by atoms with E-state index in [-0.39, 0.29) is 0 Å². The monoisotopic (exact) mass is 389 g/mol.